The van der Waals surface area contributed by atoms with Gasteiger partial charge in [-0.1, -0.05) is 37.3 Å². The van der Waals surface area contributed by atoms with Gasteiger partial charge in [-0.05, 0) is 19.4 Å². The van der Waals surface area contributed by atoms with Gasteiger partial charge in [-0.15, -0.1) is 0 Å². The third-order valence-electron chi connectivity index (χ3n) is 3.46. The van der Waals surface area contributed by atoms with Crippen molar-refractivity contribution in [2.45, 2.75) is 26.4 Å². The molecule has 0 aliphatic heterocycles. The van der Waals surface area contributed by atoms with Crippen LogP contribution in [0.2, 0.25) is 0 Å². The molecule has 2 atom stereocenters. The summed E-state index contributed by atoms with van der Waals surface area (Å²) in [6.07, 6.45) is 0. The van der Waals surface area contributed by atoms with Crippen LogP contribution in [-0.4, -0.2) is 43.8 Å². The number of ether oxygens (including phenoxy) is 1. The highest BCUT2D eigenvalue weighted by molar-refractivity contribution is 5.80. The van der Waals surface area contributed by atoms with E-state index < -0.39 is 5.60 Å². The van der Waals surface area contributed by atoms with Crippen LogP contribution in [0.4, 0.5) is 0 Å². The third kappa shape index (κ3) is 6.28. The monoisotopic (exact) mass is 321 g/mol. The number of hydrogen-bond donors (Lipinski definition) is 3. The number of aliphatic imine (C=N–C) groups is 1. The van der Waals surface area contributed by atoms with Crippen molar-refractivity contribution in [1.29, 1.82) is 0 Å². The van der Waals surface area contributed by atoms with Gasteiger partial charge in [0, 0.05) is 13.1 Å². The number of nitrogens with one attached hydrogen (secondary N) is 2. The van der Waals surface area contributed by atoms with Crippen molar-refractivity contribution in [3.05, 3.63) is 35.9 Å². The van der Waals surface area contributed by atoms with Crippen LogP contribution in [0.25, 0.3) is 0 Å². The van der Waals surface area contributed by atoms with Crippen LogP contribution in [0.3, 0.4) is 0 Å². The zero-order chi connectivity index (χ0) is 17.3. The van der Waals surface area contributed by atoms with Crippen molar-refractivity contribution in [3.63, 3.8) is 0 Å². The van der Waals surface area contributed by atoms with E-state index in [1.54, 1.807) is 13.8 Å². The van der Waals surface area contributed by atoms with Crippen LogP contribution < -0.4 is 10.6 Å². The van der Waals surface area contributed by atoms with E-state index in [2.05, 4.69) is 15.6 Å². The summed E-state index contributed by atoms with van der Waals surface area (Å²) in [5.41, 5.74) is -0.250. The summed E-state index contributed by atoms with van der Waals surface area (Å²) in [5, 5.41) is 16.8. The Bertz CT molecular complexity index is 515. The number of rotatable bonds is 7. The largest absolute Gasteiger partial charge is 0.469 e. The Morgan fingerprint density at radius 3 is 2.57 bits per heavy atom. The molecule has 0 aromatic heterocycles. The molecule has 0 saturated carbocycles. The average molecular weight is 321 g/mol. The minimum Gasteiger partial charge on any atom is -0.469 e. The third-order valence-corrected chi connectivity index (χ3v) is 3.46. The molecule has 0 aliphatic rings. The molecule has 128 valence electrons. The topological polar surface area (TPSA) is 83.0 Å². The molecule has 0 bridgehead atoms. The number of carbonyl (C=O) groups excluding carboxylic acids is 1. The molecule has 1 rings (SSSR count). The SMILES string of the molecule is CCNC(=NCC(C)(O)c1ccccc1)NCC(C)C(=O)OC. The second kappa shape index (κ2) is 9.15. The standard InChI is InChI=1S/C17H27N3O3/c1-5-18-16(19-11-13(2)15(21)23-4)20-12-17(3,22)14-9-7-6-8-10-14/h6-10,13,22H,5,11-12H2,1-4H3,(H2,18,19,20). The van der Waals surface area contributed by atoms with Crippen LogP contribution in [0.5, 0.6) is 0 Å². The number of hydrogen-bond acceptors (Lipinski definition) is 4. The van der Waals surface area contributed by atoms with Gasteiger partial charge in [0.15, 0.2) is 5.96 Å². The summed E-state index contributed by atoms with van der Waals surface area (Å²) >= 11 is 0. The number of benzene rings is 1. The molecule has 0 radical (unpaired) electrons. The molecule has 0 heterocycles. The lowest BCUT2D eigenvalue weighted by Crippen LogP contribution is -2.41. The van der Waals surface area contributed by atoms with E-state index >= 15 is 0 Å². The fourth-order valence-corrected chi connectivity index (χ4v) is 2.00. The number of aliphatic hydroxyl groups is 1. The quantitative estimate of drug-likeness (QED) is 0.400. The maximum atomic E-state index is 11.4. The summed E-state index contributed by atoms with van der Waals surface area (Å²) in [6.45, 7) is 6.77. The smallest absolute Gasteiger partial charge is 0.310 e. The minimum absolute atomic E-state index is 0.207. The van der Waals surface area contributed by atoms with Crippen LogP contribution in [0.1, 0.15) is 26.3 Å². The van der Waals surface area contributed by atoms with E-state index in [4.69, 9.17) is 4.74 Å². The zero-order valence-corrected chi connectivity index (χ0v) is 14.3. The molecule has 23 heavy (non-hydrogen) atoms. The molecule has 6 heteroatoms. The predicted molar refractivity (Wildman–Crippen MR) is 91.2 cm³/mol. The molecule has 6 nitrogen and oxygen atoms in total. The van der Waals surface area contributed by atoms with Crippen molar-refractivity contribution in [2.75, 3.05) is 26.7 Å². The Balaban J connectivity index is 2.69. The molecular weight excluding hydrogens is 294 g/mol. The van der Waals surface area contributed by atoms with Gasteiger partial charge in [-0.3, -0.25) is 4.79 Å². The highest BCUT2D eigenvalue weighted by Crippen LogP contribution is 2.20. The van der Waals surface area contributed by atoms with E-state index in [1.807, 2.05) is 37.3 Å². The number of esters is 1. The second-order valence-corrected chi connectivity index (χ2v) is 5.64. The fraction of sp³-hybridized carbons (Fsp3) is 0.529. The highest BCUT2D eigenvalue weighted by atomic mass is 16.5. The highest BCUT2D eigenvalue weighted by Gasteiger charge is 2.22. The minimum atomic E-state index is -1.06. The van der Waals surface area contributed by atoms with E-state index in [1.165, 1.54) is 7.11 Å². The number of guanidine groups is 1. The van der Waals surface area contributed by atoms with Crippen molar-refractivity contribution in [2.24, 2.45) is 10.9 Å². The van der Waals surface area contributed by atoms with Crippen molar-refractivity contribution >= 4 is 11.9 Å². The Hall–Kier alpha value is -2.08. The van der Waals surface area contributed by atoms with Crippen molar-refractivity contribution in [1.82, 2.24) is 10.6 Å². The van der Waals surface area contributed by atoms with Gasteiger partial charge in [-0.2, -0.15) is 0 Å². The molecular formula is C17H27N3O3. The molecule has 2 unspecified atom stereocenters. The summed E-state index contributed by atoms with van der Waals surface area (Å²) < 4.78 is 4.70. The Labute approximate surface area is 138 Å². The predicted octanol–water partition coefficient (Wildman–Crippen LogP) is 1.26. The van der Waals surface area contributed by atoms with Crippen LogP contribution >= 0.6 is 0 Å². The molecule has 0 aliphatic carbocycles. The first-order chi connectivity index (χ1) is 10.9. The van der Waals surface area contributed by atoms with Gasteiger partial charge in [-0.25, -0.2) is 4.99 Å². The first kappa shape index (κ1) is 19.0. The molecule has 1 aromatic carbocycles. The van der Waals surface area contributed by atoms with E-state index in [0.717, 1.165) is 5.56 Å². The van der Waals surface area contributed by atoms with E-state index in [-0.39, 0.29) is 18.4 Å². The lowest BCUT2D eigenvalue weighted by molar-refractivity contribution is -0.144. The van der Waals surface area contributed by atoms with E-state index in [9.17, 15) is 9.90 Å². The van der Waals surface area contributed by atoms with Crippen LogP contribution in [0.15, 0.2) is 35.3 Å². The molecule has 0 fully saturated rings. The van der Waals surface area contributed by atoms with Crippen molar-refractivity contribution < 1.29 is 14.6 Å². The fourth-order valence-electron chi connectivity index (χ4n) is 2.00. The lowest BCUT2D eigenvalue weighted by atomic mass is 9.96. The number of methoxy groups -OCH3 is 1. The average Bonchev–Trinajstić information content (AvgIpc) is 2.57. The Morgan fingerprint density at radius 2 is 2.00 bits per heavy atom. The van der Waals surface area contributed by atoms with E-state index in [0.29, 0.717) is 19.0 Å². The van der Waals surface area contributed by atoms with Gasteiger partial charge in [0.05, 0.1) is 19.6 Å². The summed E-state index contributed by atoms with van der Waals surface area (Å²) in [6, 6.07) is 9.41. The molecule has 1 aromatic rings. The number of carbonyl (C=O) groups is 1. The Kier molecular flexibility index (Phi) is 7.54. The molecule has 0 saturated heterocycles. The van der Waals surface area contributed by atoms with Gasteiger partial charge >= 0.3 is 5.97 Å². The number of nitrogens with zero attached hydrogens (tertiary/aromatic N) is 1. The van der Waals surface area contributed by atoms with Gasteiger partial charge < -0.3 is 20.5 Å². The Morgan fingerprint density at radius 1 is 1.35 bits per heavy atom. The van der Waals surface area contributed by atoms with Gasteiger partial charge in [0.2, 0.25) is 0 Å². The zero-order valence-electron chi connectivity index (χ0n) is 14.3. The summed E-state index contributed by atoms with van der Waals surface area (Å²) in [4.78, 5) is 15.8. The van der Waals surface area contributed by atoms with Crippen molar-refractivity contribution in [3.8, 4) is 0 Å². The first-order valence-electron chi connectivity index (χ1n) is 7.78. The molecule has 0 amide bonds. The van der Waals surface area contributed by atoms with Crippen LogP contribution in [-0.2, 0) is 15.1 Å². The molecule has 0 spiro atoms. The normalized spacial score (nSPS) is 15.4. The maximum Gasteiger partial charge on any atom is 0.310 e. The summed E-state index contributed by atoms with van der Waals surface area (Å²) in [5.74, 6) is 0.00239. The second-order valence-electron chi connectivity index (χ2n) is 5.64. The first-order valence-corrected chi connectivity index (χ1v) is 7.78. The molecule has 3 N–H and O–H groups in total. The van der Waals surface area contributed by atoms with Crippen LogP contribution in [0, 0.1) is 5.92 Å². The maximum absolute atomic E-state index is 11.4. The van der Waals surface area contributed by atoms with Gasteiger partial charge in [0.1, 0.15) is 5.60 Å². The summed E-state index contributed by atoms with van der Waals surface area (Å²) in [7, 11) is 1.37. The van der Waals surface area contributed by atoms with Gasteiger partial charge in [0.25, 0.3) is 0 Å². The lowest BCUT2D eigenvalue weighted by Gasteiger charge is -2.22.